The number of tetrazole rings is 2. The second-order valence-corrected chi connectivity index (χ2v) is 19.7. The fourth-order valence-corrected chi connectivity index (χ4v) is 9.44. The number of hydrogen-bond donors (Lipinski definition) is 1. The van der Waals surface area contributed by atoms with E-state index in [0.717, 1.165) is 58.8 Å². The lowest BCUT2D eigenvalue weighted by molar-refractivity contribution is -0.144. The van der Waals surface area contributed by atoms with Crippen LogP contribution < -0.4 is 20.0 Å². The van der Waals surface area contributed by atoms with E-state index in [0.29, 0.717) is 49.3 Å². The first-order valence-electron chi connectivity index (χ1n) is 25.4. The Balaban J connectivity index is 0.000000237. The number of benzene rings is 2. The molecule has 0 aliphatic heterocycles. The predicted octanol–water partition coefficient (Wildman–Crippen LogP) is 13.7. The van der Waals surface area contributed by atoms with Gasteiger partial charge in [0.05, 0.1) is 47.5 Å². The molecule has 0 radical (unpaired) electrons. The summed E-state index contributed by atoms with van der Waals surface area (Å²) >= 11 is 5.89. The molecule has 0 unspecified atom stereocenters. The van der Waals surface area contributed by atoms with Crippen LogP contribution in [0.15, 0.2) is 60.9 Å². The molecule has 2 aromatic carbocycles. The van der Waals surface area contributed by atoms with Crippen molar-refractivity contribution < 1.29 is 79.0 Å². The fraction of sp³-hybridized carbons (Fsp3) is 0.520. The van der Waals surface area contributed by atoms with Crippen molar-refractivity contribution in [3.8, 4) is 0 Å². The van der Waals surface area contributed by atoms with Crippen LogP contribution in [0.25, 0.3) is 0 Å². The number of nitrogens with zero attached hydrogens (tertiary/aromatic N) is 13. The van der Waals surface area contributed by atoms with E-state index in [1.165, 1.54) is 44.7 Å². The molecule has 2 saturated carbocycles. The normalized spacial score (nSPS) is 14.8. The van der Waals surface area contributed by atoms with Crippen molar-refractivity contribution in [2.45, 2.75) is 141 Å². The van der Waals surface area contributed by atoms with Gasteiger partial charge in [-0.1, -0.05) is 54.4 Å². The number of anilines is 3. The van der Waals surface area contributed by atoms with Crippen LogP contribution in [0.5, 0.6) is 0 Å². The van der Waals surface area contributed by atoms with E-state index < -0.39 is 108 Å². The highest BCUT2D eigenvalue weighted by Crippen LogP contribution is 2.41. The van der Waals surface area contributed by atoms with Gasteiger partial charge in [-0.2, -0.15) is 88.6 Å². The Morgan fingerprint density at radius 2 is 0.867 bits per heavy atom. The van der Waals surface area contributed by atoms with Gasteiger partial charge in [-0.15, -0.1) is 10.2 Å². The third-order valence-electron chi connectivity index (χ3n) is 13.1. The molecule has 0 spiro atoms. The van der Waals surface area contributed by atoms with Crippen LogP contribution in [-0.4, -0.2) is 75.6 Å². The van der Waals surface area contributed by atoms with Crippen molar-refractivity contribution in [3.05, 3.63) is 122 Å². The minimum Gasteiger partial charge on any atom is -0.354 e. The molecule has 4 aromatic heterocycles. The molecule has 33 heteroatoms. The summed E-state index contributed by atoms with van der Waals surface area (Å²) in [5, 5.41) is 25.6. The largest absolute Gasteiger partial charge is 0.417 e. The van der Waals surface area contributed by atoms with E-state index in [-0.39, 0.29) is 52.2 Å². The van der Waals surface area contributed by atoms with Crippen molar-refractivity contribution in [2.75, 3.05) is 27.8 Å². The second-order valence-electron chi connectivity index (χ2n) is 19.3. The molecule has 2 fully saturated rings. The van der Waals surface area contributed by atoms with Gasteiger partial charge >= 0.3 is 37.1 Å². The van der Waals surface area contributed by atoms with E-state index in [4.69, 9.17) is 11.6 Å². The molecule has 6 aromatic rings. The first-order valence-corrected chi connectivity index (χ1v) is 25.7. The molecule has 4 heterocycles. The zero-order valence-electron chi connectivity index (χ0n) is 44.3. The average Bonchev–Trinajstić information content (AvgIpc) is 3.87. The van der Waals surface area contributed by atoms with E-state index in [1.54, 1.807) is 0 Å². The maximum atomic E-state index is 13.7. The number of alkyl halides is 18. The Morgan fingerprint density at radius 3 is 1.23 bits per heavy atom. The van der Waals surface area contributed by atoms with Gasteiger partial charge in [0.2, 0.25) is 0 Å². The first-order chi connectivity index (χ1) is 38.5. The van der Waals surface area contributed by atoms with E-state index in [9.17, 15) is 79.0 Å². The Bertz CT molecular complexity index is 3000. The summed E-state index contributed by atoms with van der Waals surface area (Å²) in [6.07, 6.45) is -19.5. The molecular formula is C50H53ClF18N14. The van der Waals surface area contributed by atoms with Crippen LogP contribution in [0.1, 0.15) is 121 Å². The lowest BCUT2D eigenvalue weighted by Gasteiger charge is -2.32. The highest BCUT2D eigenvalue weighted by molar-refractivity contribution is 6.30. The van der Waals surface area contributed by atoms with Gasteiger partial charge in [-0.25, -0.2) is 9.97 Å². The van der Waals surface area contributed by atoms with Crippen molar-refractivity contribution in [1.29, 1.82) is 0 Å². The number of pyridine rings is 2. The molecule has 0 atom stereocenters. The Labute approximate surface area is 467 Å². The van der Waals surface area contributed by atoms with E-state index in [1.807, 2.05) is 11.8 Å². The minimum absolute atomic E-state index is 0.00394. The Hall–Kier alpha value is -6.73. The van der Waals surface area contributed by atoms with Crippen LogP contribution in [0.3, 0.4) is 0 Å². The summed E-state index contributed by atoms with van der Waals surface area (Å²) in [7, 11) is 2.72. The van der Waals surface area contributed by atoms with Crippen LogP contribution >= 0.6 is 11.6 Å². The standard InChI is InChI=1S/C25H26F9N7.C18H12ClF9N6.C7H15N/c1-3-41(20-6-4-5-7-20)21-16(10-19(12-35-21)25(32,33)34)14-40(22-36-38-39(2)37-22)13-15-8-17(23(26,27)28)11-18(9-15)24(29,30)31;1-33-31-15(30-32-33)34(8-10-4-13(18(26,27)28)6-29-14(10)19)7-9-2-11(16(20,21)22)5-12(3-9)17(23,24)25;1-2-8-7-5-3-4-6-7/h8-12,20H,3-7,13-14H2,1-2H3;2-6H,7-8H2,1H3;7-8H,2-6H2,1H3. The second kappa shape index (κ2) is 26.5. The zero-order valence-corrected chi connectivity index (χ0v) is 45.1. The minimum atomic E-state index is -5.08. The van der Waals surface area contributed by atoms with Crippen LogP contribution in [0.4, 0.5) is 96.7 Å². The van der Waals surface area contributed by atoms with Gasteiger partial charge in [0.25, 0.3) is 11.9 Å². The molecule has 456 valence electrons. The summed E-state index contributed by atoms with van der Waals surface area (Å²) in [5.41, 5.74) is -9.36. The molecular weight excluding hydrogens is 1170 g/mol. The molecule has 0 amide bonds. The van der Waals surface area contributed by atoms with Gasteiger partial charge in [0, 0.05) is 68.3 Å². The number of rotatable bonds is 15. The quantitative estimate of drug-likeness (QED) is 0.0775. The van der Waals surface area contributed by atoms with E-state index in [2.05, 4.69) is 53.0 Å². The predicted molar refractivity (Wildman–Crippen MR) is 265 cm³/mol. The molecule has 0 saturated heterocycles. The van der Waals surface area contributed by atoms with Crippen molar-refractivity contribution in [1.82, 2.24) is 55.7 Å². The summed E-state index contributed by atoms with van der Waals surface area (Å²) in [6, 6.07) is 4.48. The number of aryl methyl sites for hydroxylation is 2. The average molecular weight is 1230 g/mol. The van der Waals surface area contributed by atoms with Crippen LogP contribution in [-0.2, 0) is 77.3 Å². The van der Waals surface area contributed by atoms with Crippen molar-refractivity contribution in [2.24, 2.45) is 14.1 Å². The monoisotopic (exact) mass is 1230 g/mol. The highest BCUT2D eigenvalue weighted by atomic mass is 35.5. The lowest BCUT2D eigenvalue weighted by Crippen LogP contribution is -2.35. The number of nitrogens with one attached hydrogen (secondary N) is 1. The summed E-state index contributed by atoms with van der Waals surface area (Å²) < 4.78 is 240. The maximum Gasteiger partial charge on any atom is 0.417 e. The number of halogens is 19. The fourth-order valence-electron chi connectivity index (χ4n) is 9.28. The van der Waals surface area contributed by atoms with Gasteiger partial charge in [-0.3, -0.25) is 0 Å². The summed E-state index contributed by atoms with van der Waals surface area (Å²) in [5.74, 6) is -0.242. The molecule has 2 aliphatic rings. The number of aromatic nitrogens is 10. The highest BCUT2D eigenvalue weighted by Gasteiger charge is 2.40. The maximum absolute atomic E-state index is 13.7. The molecule has 83 heavy (non-hydrogen) atoms. The Morgan fingerprint density at radius 1 is 0.494 bits per heavy atom. The summed E-state index contributed by atoms with van der Waals surface area (Å²) in [6.45, 7) is 3.39. The topological polar surface area (TPSA) is 135 Å². The third-order valence-corrected chi connectivity index (χ3v) is 13.4. The van der Waals surface area contributed by atoms with Crippen LogP contribution in [0.2, 0.25) is 5.15 Å². The zero-order chi connectivity index (χ0) is 61.5. The van der Waals surface area contributed by atoms with Gasteiger partial charge in [-0.05, 0) is 109 Å². The van der Waals surface area contributed by atoms with Crippen molar-refractivity contribution in [3.63, 3.8) is 0 Å². The smallest absolute Gasteiger partial charge is 0.354 e. The molecule has 8 rings (SSSR count). The molecule has 1 N–H and O–H groups in total. The van der Waals surface area contributed by atoms with Gasteiger partial charge < -0.3 is 20.0 Å². The Kier molecular flexibility index (Phi) is 20.9. The van der Waals surface area contributed by atoms with Gasteiger partial charge in [0.15, 0.2) is 0 Å². The summed E-state index contributed by atoms with van der Waals surface area (Å²) in [4.78, 5) is 13.6. The first kappa shape index (κ1) is 65.4. The van der Waals surface area contributed by atoms with Gasteiger partial charge in [0.1, 0.15) is 11.0 Å². The number of hydrogen-bond acceptors (Lipinski definition) is 12. The van der Waals surface area contributed by atoms with E-state index >= 15 is 0 Å². The molecule has 14 nitrogen and oxygen atoms in total. The lowest BCUT2D eigenvalue weighted by atomic mass is 10.0. The molecule has 0 bridgehead atoms. The third kappa shape index (κ3) is 18.4. The molecule has 2 aliphatic carbocycles. The van der Waals surface area contributed by atoms with Crippen LogP contribution in [0, 0.1) is 0 Å². The van der Waals surface area contributed by atoms with Crippen molar-refractivity contribution >= 4 is 29.3 Å². The SMILES string of the molecule is CCN(c1ncc(C(F)(F)F)cc1CN(Cc1cc(C(F)(F)F)cc(C(F)(F)F)c1)c1nnn(C)n1)C1CCCC1.CCNC1CCCC1.Cn1nnc(N(Cc2cc(C(F)(F)F)cc(C(F)(F)F)c2)Cc2cc(C(F)(F)F)cnc2Cl)n1.